The van der Waals surface area contributed by atoms with Gasteiger partial charge in [-0.25, -0.2) is 0 Å². The summed E-state index contributed by atoms with van der Waals surface area (Å²) in [6.45, 7) is 6.00. The molecule has 1 atom stereocenters. The molecule has 28 heavy (non-hydrogen) atoms. The third-order valence-corrected chi connectivity index (χ3v) is 4.60. The number of nitrogens with one attached hydrogen (secondary N) is 3. The van der Waals surface area contributed by atoms with Crippen LogP contribution in [0.25, 0.3) is 0 Å². The van der Waals surface area contributed by atoms with Crippen molar-refractivity contribution in [2.45, 2.75) is 32.5 Å². The molecular weight excluding hydrogens is 358 g/mol. The predicted octanol–water partition coefficient (Wildman–Crippen LogP) is 1.43. The molecule has 2 aromatic rings. The van der Waals surface area contributed by atoms with E-state index in [1.54, 1.807) is 7.11 Å². The summed E-state index contributed by atoms with van der Waals surface area (Å²) in [6.07, 6.45) is -0.646. The maximum Gasteiger partial charge on any atom is 0.226 e. The lowest BCUT2D eigenvalue weighted by Crippen LogP contribution is -2.31. The first-order chi connectivity index (χ1) is 13.5. The fourth-order valence-corrected chi connectivity index (χ4v) is 2.91. The van der Waals surface area contributed by atoms with Gasteiger partial charge in [0.2, 0.25) is 5.95 Å². The number of hydrogen-bond donors (Lipinski definition) is 5. The van der Waals surface area contributed by atoms with Crippen LogP contribution in [0.4, 0.5) is 23.3 Å². The van der Waals surface area contributed by atoms with Crippen LogP contribution in [0.3, 0.4) is 0 Å². The van der Waals surface area contributed by atoms with Gasteiger partial charge in [0.1, 0.15) is 11.4 Å². The molecule has 1 aromatic heterocycles. The smallest absolute Gasteiger partial charge is 0.226 e. The minimum absolute atomic E-state index is 0.181. The SMILES string of the molecule is COc1ccc(CNc2nc(NCC(O)CN)nc3c2NCN3C(C)C)cc1. The van der Waals surface area contributed by atoms with Crippen molar-refractivity contribution in [1.29, 1.82) is 0 Å². The largest absolute Gasteiger partial charge is 0.497 e. The minimum Gasteiger partial charge on any atom is -0.497 e. The van der Waals surface area contributed by atoms with Gasteiger partial charge in [0.25, 0.3) is 0 Å². The van der Waals surface area contributed by atoms with Crippen LogP contribution in [0, 0.1) is 0 Å². The molecule has 9 nitrogen and oxygen atoms in total. The van der Waals surface area contributed by atoms with Crippen molar-refractivity contribution in [1.82, 2.24) is 9.97 Å². The van der Waals surface area contributed by atoms with Crippen LogP contribution in [0.1, 0.15) is 19.4 Å². The van der Waals surface area contributed by atoms with Gasteiger partial charge in [-0.15, -0.1) is 0 Å². The number of nitrogens with two attached hydrogens (primary N) is 1. The Hall–Kier alpha value is -2.78. The van der Waals surface area contributed by atoms with Gasteiger partial charge in [-0.1, -0.05) is 12.1 Å². The number of rotatable bonds is 9. The Balaban J connectivity index is 1.81. The van der Waals surface area contributed by atoms with E-state index in [1.165, 1.54) is 0 Å². The van der Waals surface area contributed by atoms with Crippen LogP contribution in [0.2, 0.25) is 0 Å². The second kappa shape index (κ2) is 8.94. The molecule has 2 heterocycles. The van der Waals surface area contributed by atoms with Crippen molar-refractivity contribution in [2.24, 2.45) is 5.73 Å². The number of hydrogen-bond acceptors (Lipinski definition) is 9. The third-order valence-electron chi connectivity index (χ3n) is 4.60. The first-order valence-corrected chi connectivity index (χ1v) is 9.43. The summed E-state index contributed by atoms with van der Waals surface area (Å²) in [6, 6.07) is 8.18. The van der Waals surface area contributed by atoms with Crippen LogP contribution in [-0.2, 0) is 6.54 Å². The van der Waals surface area contributed by atoms with Crippen molar-refractivity contribution in [2.75, 3.05) is 47.7 Å². The number of aliphatic hydroxyl groups is 1. The Morgan fingerprint density at radius 3 is 2.64 bits per heavy atom. The van der Waals surface area contributed by atoms with Gasteiger partial charge in [-0.2, -0.15) is 9.97 Å². The molecule has 0 fully saturated rings. The summed E-state index contributed by atoms with van der Waals surface area (Å²) in [5, 5.41) is 19.6. The van der Waals surface area contributed by atoms with Crippen molar-refractivity contribution < 1.29 is 9.84 Å². The van der Waals surface area contributed by atoms with Crippen molar-refractivity contribution in [3.63, 3.8) is 0 Å². The Labute approximate surface area is 165 Å². The molecule has 1 aliphatic heterocycles. The summed E-state index contributed by atoms with van der Waals surface area (Å²) >= 11 is 0. The van der Waals surface area contributed by atoms with Crippen LogP contribution in [0.5, 0.6) is 5.75 Å². The van der Waals surface area contributed by atoms with E-state index in [0.717, 1.165) is 22.8 Å². The Morgan fingerprint density at radius 1 is 1.25 bits per heavy atom. The monoisotopic (exact) mass is 387 g/mol. The maximum absolute atomic E-state index is 9.73. The molecule has 0 bridgehead atoms. The van der Waals surface area contributed by atoms with E-state index >= 15 is 0 Å². The highest BCUT2D eigenvalue weighted by Crippen LogP contribution is 2.37. The molecule has 3 rings (SSSR count). The molecule has 6 N–H and O–H groups in total. The fraction of sp³-hybridized carbons (Fsp3) is 0.474. The topological polar surface area (TPSA) is 121 Å². The molecule has 0 amide bonds. The number of fused-ring (bicyclic) bond motifs is 1. The third kappa shape index (κ3) is 4.55. The number of benzene rings is 1. The fourth-order valence-electron chi connectivity index (χ4n) is 2.91. The van der Waals surface area contributed by atoms with Crippen LogP contribution in [-0.4, -0.2) is 54.1 Å². The number of ether oxygens (including phenoxy) is 1. The second-order valence-electron chi connectivity index (χ2n) is 6.96. The average Bonchev–Trinajstić information content (AvgIpc) is 3.15. The Kier molecular flexibility index (Phi) is 6.37. The van der Waals surface area contributed by atoms with Crippen LogP contribution >= 0.6 is 0 Å². The molecular formula is C19H29N7O2. The lowest BCUT2D eigenvalue weighted by Gasteiger charge is -2.22. The summed E-state index contributed by atoms with van der Waals surface area (Å²) in [5.74, 6) is 2.84. The highest BCUT2D eigenvalue weighted by atomic mass is 16.5. The van der Waals surface area contributed by atoms with Gasteiger partial charge in [0.15, 0.2) is 11.6 Å². The maximum atomic E-state index is 9.73. The quantitative estimate of drug-likeness (QED) is 0.435. The van der Waals surface area contributed by atoms with E-state index in [2.05, 4.69) is 44.7 Å². The zero-order chi connectivity index (χ0) is 20.1. The van der Waals surface area contributed by atoms with Gasteiger partial charge in [0.05, 0.1) is 19.9 Å². The lowest BCUT2D eigenvalue weighted by atomic mass is 10.2. The highest BCUT2D eigenvalue weighted by Gasteiger charge is 2.27. The van der Waals surface area contributed by atoms with Crippen molar-refractivity contribution in [3.8, 4) is 5.75 Å². The van der Waals surface area contributed by atoms with E-state index < -0.39 is 6.10 Å². The first kappa shape index (κ1) is 20.0. The van der Waals surface area contributed by atoms with E-state index in [1.807, 2.05) is 24.3 Å². The van der Waals surface area contributed by atoms with E-state index in [0.29, 0.717) is 37.6 Å². The number of nitrogens with zero attached hydrogens (tertiary/aromatic N) is 3. The lowest BCUT2D eigenvalue weighted by molar-refractivity contribution is 0.196. The molecule has 9 heteroatoms. The molecule has 1 aromatic carbocycles. The van der Waals surface area contributed by atoms with Gasteiger partial charge in [0, 0.05) is 25.7 Å². The number of aliphatic hydroxyl groups excluding tert-OH is 1. The van der Waals surface area contributed by atoms with E-state index in [4.69, 9.17) is 10.5 Å². The summed E-state index contributed by atoms with van der Waals surface area (Å²) in [5.41, 5.74) is 7.47. The minimum atomic E-state index is -0.646. The predicted molar refractivity (Wildman–Crippen MR) is 112 cm³/mol. The van der Waals surface area contributed by atoms with E-state index in [9.17, 15) is 5.11 Å². The zero-order valence-corrected chi connectivity index (χ0v) is 16.6. The zero-order valence-electron chi connectivity index (χ0n) is 16.6. The first-order valence-electron chi connectivity index (χ1n) is 9.43. The summed E-state index contributed by atoms with van der Waals surface area (Å²) in [7, 11) is 1.65. The average molecular weight is 387 g/mol. The number of anilines is 4. The summed E-state index contributed by atoms with van der Waals surface area (Å²) in [4.78, 5) is 11.4. The van der Waals surface area contributed by atoms with Crippen LogP contribution in [0.15, 0.2) is 24.3 Å². The standard InChI is InChI=1S/C19H29N7O2/c1-12(2)26-11-23-16-17(21-9-13-4-6-15(28-3)7-5-13)24-19(25-18(16)26)22-10-14(27)8-20/h4-7,12,14,23,27H,8-11,20H2,1-3H3,(H2,21,22,24,25). The van der Waals surface area contributed by atoms with Gasteiger partial charge < -0.3 is 36.4 Å². The molecule has 1 aliphatic rings. The molecule has 0 saturated heterocycles. The molecule has 0 radical (unpaired) electrons. The molecule has 152 valence electrons. The number of aromatic nitrogens is 2. The van der Waals surface area contributed by atoms with Crippen LogP contribution < -0.4 is 31.3 Å². The van der Waals surface area contributed by atoms with Crippen molar-refractivity contribution in [3.05, 3.63) is 29.8 Å². The molecule has 1 unspecified atom stereocenters. The van der Waals surface area contributed by atoms with Gasteiger partial charge >= 0.3 is 0 Å². The molecule has 0 spiro atoms. The van der Waals surface area contributed by atoms with E-state index in [-0.39, 0.29) is 6.54 Å². The Morgan fingerprint density at radius 2 is 2.00 bits per heavy atom. The van der Waals surface area contributed by atoms with Crippen molar-refractivity contribution >= 4 is 23.3 Å². The van der Waals surface area contributed by atoms with Gasteiger partial charge in [-0.05, 0) is 31.5 Å². The highest BCUT2D eigenvalue weighted by molar-refractivity contribution is 5.83. The van der Waals surface area contributed by atoms with Gasteiger partial charge in [-0.3, -0.25) is 0 Å². The summed E-state index contributed by atoms with van der Waals surface area (Å²) < 4.78 is 5.20. The normalized spacial score (nSPS) is 13.9. The molecule has 0 saturated carbocycles. The number of methoxy groups -OCH3 is 1. The second-order valence-corrected chi connectivity index (χ2v) is 6.96. The molecule has 0 aliphatic carbocycles. The Bertz CT molecular complexity index is 783.